The van der Waals surface area contributed by atoms with Crippen LogP contribution in [0.5, 0.6) is 0 Å². The Morgan fingerprint density at radius 3 is 2.62 bits per heavy atom. The van der Waals surface area contributed by atoms with Gasteiger partial charge in [0.1, 0.15) is 0 Å². The Bertz CT molecular complexity index is 341. The number of hydrogen-bond acceptors (Lipinski definition) is 1. The van der Waals surface area contributed by atoms with E-state index in [0.717, 1.165) is 24.6 Å². The maximum Gasteiger partial charge on any atom is 0.253 e. The van der Waals surface area contributed by atoms with Gasteiger partial charge in [0.25, 0.3) is 5.91 Å². The Balaban J connectivity index is 1.82. The van der Waals surface area contributed by atoms with Crippen LogP contribution in [-0.4, -0.2) is 23.9 Å². The minimum atomic E-state index is 0.188. The molecule has 0 aromatic heterocycles. The van der Waals surface area contributed by atoms with Crippen molar-refractivity contribution >= 4 is 5.91 Å². The van der Waals surface area contributed by atoms with Crippen molar-refractivity contribution in [3.05, 3.63) is 35.9 Å². The Labute approximate surface area is 97.3 Å². The van der Waals surface area contributed by atoms with E-state index in [1.54, 1.807) is 0 Å². The lowest BCUT2D eigenvalue weighted by atomic mass is 9.93. The molecule has 1 amide bonds. The molecule has 86 valence electrons. The van der Waals surface area contributed by atoms with Crippen molar-refractivity contribution < 1.29 is 4.79 Å². The molecule has 2 nitrogen and oxygen atoms in total. The molecule has 1 saturated heterocycles. The molecule has 0 spiro atoms. The SMILES string of the molecule is CCCCC1CN(C(=O)c2ccccc2)C1. The molecule has 0 aliphatic carbocycles. The number of carbonyl (C=O) groups is 1. The first-order valence-electron chi connectivity index (χ1n) is 6.15. The monoisotopic (exact) mass is 217 g/mol. The lowest BCUT2D eigenvalue weighted by Gasteiger charge is -2.39. The third-order valence-corrected chi connectivity index (χ3v) is 3.23. The number of amides is 1. The van der Waals surface area contributed by atoms with E-state index in [1.165, 1.54) is 19.3 Å². The molecule has 1 aliphatic heterocycles. The summed E-state index contributed by atoms with van der Waals surface area (Å²) in [4.78, 5) is 13.9. The number of unbranched alkanes of at least 4 members (excludes halogenated alkanes) is 1. The standard InChI is InChI=1S/C14H19NO/c1-2-3-7-12-10-15(11-12)14(16)13-8-5-4-6-9-13/h4-6,8-9,12H,2-3,7,10-11H2,1H3. The predicted molar refractivity (Wildman–Crippen MR) is 65.4 cm³/mol. The second kappa shape index (κ2) is 5.15. The van der Waals surface area contributed by atoms with Gasteiger partial charge in [-0.15, -0.1) is 0 Å². The van der Waals surface area contributed by atoms with E-state index in [0.29, 0.717) is 0 Å². The molecule has 1 aromatic carbocycles. The van der Waals surface area contributed by atoms with E-state index in [4.69, 9.17) is 0 Å². The van der Waals surface area contributed by atoms with Crippen LogP contribution in [0.4, 0.5) is 0 Å². The van der Waals surface area contributed by atoms with Gasteiger partial charge in [0.15, 0.2) is 0 Å². The van der Waals surface area contributed by atoms with E-state index in [1.807, 2.05) is 35.2 Å². The fourth-order valence-electron chi connectivity index (χ4n) is 2.17. The van der Waals surface area contributed by atoms with Gasteiger partial charge in [-0.1, -0.05) is 38.0 Å². The minimum absolute atomic E-state index is 0.188. The van der Waals surface area contributed by atoms with Gasteiger partial charge in [-0.3, -0.25) is 4.79 Å². The van der Waals surface area contributed by atoms with Crippen LogP contribution in [0.15, 0.2) is 30.3 Å². The molecule has 1 fully saturated rings. The zero-order chi connectivity index (χ0) is 11.4. The summed E-state index contributed by atoms with van der Waals surface area (Å²) in [5.41, 5.74) is 0.816. The van der Waals surface area contributed by atoms with Gasteiger partial charge in [-0.2, -0.15) is 0 Å². The van der Waals surface area contributed by atoms with Crippen LogP contribution in [0.2, 0.25) is 0 Å². The molecule has 0 radical (unpaired) electrons. The lowest BCUT2D eigenvalue weighted by molar-refractivity contribution is 0.0481. The number of rotatable bonds is 4. The minimum Gasteiger partial charge on any atom is -0.338 e. The zero-order valence-corrected chi connectivity index (χ0v) is 9.86. The molecular formula is C14H19NO. The van der Waals surface area contributed by atoms with Gasteiger partial charge in [-0.25, -0.2) is 0 Å². The summed E-state index contributed by atoms with van der Waals surface area (Å²) in [5, 5.41) is 0. The molecule has 0 bridgehead atoms. The van der Waals surface area contributed by atoms with E-state index in [9.17, 15) is 4.79 Å². The highest BCUT2D eigenvalue weighted by atomic mass is 16.2. The van der Waals surface area contributed by atoms with Crippen LogP contribution in [0.1, 0.15) is 36.5 Å². The summed E-state index contributed by atoms with van der Waals surface area (Å²) in [6.07, 6.45) is 3.82. The van der Waals surface area contributed by atoms with Gasteiger partial charge in [0, 0.05) is 18.7 Å². The van der Waals surface area contributed by atoms with Crippen molar-refractivity contribution in [3.63, 3.8) is 0 Å². The average Bonchev–Trinajstić information content (AvgIpc) is 2.28. The van der Waals surface area contributed by atoms with E-state index >= 15 is 0 Å². The summed E-state index contributed by atoms with van der Waals surface area (Å²) >= 11 is 0. The predicted octanol–water partition coefficient (Wildman–Crippen LogP) is 2.95. The maximum atomic E-state index is 12.0. The number of benzene rings is 1. The number of hydrogen-bond donors (Lipinski definition) is 0. The van der Waals surface area contributed by atoms with Gasteiger partial charge in [0.2, 0.25) is 0 Å². The van der Waals surface area contributed by atoms with Gasteiger partial charge < -0.3 is 4.90 Å². The summed E-state index contributed by atoms with van der Waals surface area (Å²) in [5.74, 6) is 0.931. The molecule has 1 aromatic rings. The van der Waals surface area contributed by atoms with Crippen LogP contribution in [0, 0.1) is 5.92 Å². The summed E-state index contributed by atoms with van der Waals surface area (Å²) < 4.78 is 0. The molecule has 16 heavy (non-hydrogen) atoms. The summed E-state index contributed by atoms with van der Waals surface area (Å²) in [6.45, 7) is 4.12. The molecule has 2 heteroatoms. The largest absolute Gasteiger partial charge is 0.338 e. The molecule has 0 N–H and O–H groups in total. The first-order chi connectivity index (χ1) is 7.81. The lowest BCUT2D eigenvalue weighted by Crippen LogP contribution is -2.49. The van der Waals surface area contributed by atoms with E-state index < -0.39 is 0 Å². The fourth-order valence-corrected chi connectivity index (χ4v) is 2.17. The van der Waals surface area contributed by atoms with Crippen LogP contribution < -0.4 is 0 Å². The van der Waals surface area contributed by atoms with Crippen molar-refractivity contribution in [2.45, 2.75) is 26.2 Å². The van der Waals surface area contributed by atoms with Gasteiger partial charge in [-0.05, 0) is 24.5 Å². The normalized spacial score (nSPS) is 15.9. The fraction of sp³-hybridized carbons (Fsp3) is 0.500. The average molecular weight is 217 g/mol. The van der Waals surface area contributed by atoms with Crippen molar-refractivity contribution in [2.24, 2.45) is 5.92 Å². The molecule has 2 rings (SSSR count). The quantitative estimate of drug-likeness (QED) is 0.759. The Hall–Kier alpha value is -1.31. The molecule has 1 aliphatic rings. The maximum absolute atomic E-state index is 12.0. The number of nitrogens with zero attached hydrogens (tertiary/aromatic N) is 1. The van der Waals surface area contributed by atoms with Crippen LogP contribution in [0.3, 0.4) is 0 Å². The molecule has 0 atom stereocenters. The third kappa shape index (κ3) is 2.43. The first kappa shape index (κ1) is 11.2. The highest BCUT2D eigenvalue weighted by molar-refractivity contribution is 5.94. The third-order valence-electron chi connectivity index (χ3n) is 3.23. The molecular weight excluding hydrogens is 198 g/mol. The van der Waals surface area contributed by atoms with Crippen LogP contribution >= 0.6 is 0 Å². The molecule has 1 heterocycles. The Morgan fingerprint density at radius 1 is 1.31 bits per heavy atom. The van der Waals surface area contributed by atoms with Crippen molar-refractivity contribution in [1.82, 2.24) is 4.90 Å². The van der Waals surface area contributed by atoms with Crippen molar-refractivity contribution in [3.8, 4) is 0 Å². The van der Waals surface area contributed by atoms with Crippen molar-refractivity contribution in [2.75, 3.05) is 13.1 Å². The molecule has 0 unspecified atom stereocenters. The molecule has 0 saturated carbocycles. The second-order valence-corrected chi connectivity index (χ2v) is 4.58. The Morgan fingerprint density at radius 2 is 2.00 bits per heavy atom. The van der Waals surface area contributed by atoms with Crippen molar-refractivity contribution in [1.29, 1.82) is 0 Å². The summed E-state index contributed by atoms with van der Waals surface area (Å²) in [7, 11) is 0. The smallest absolute Gasteiger partial charge is 0.253 e. The highest BCUT2D eigenvalue weighted by Gasteiger charge is 2.30. The van der Waals surface area contributed by atoms with E-state index in [-0.39, 0.29) is 5.91 Å². The topological polar surface area (TPSA) is 20.3 Å². The number of likely N-dealkylation sites (tertiary alicyclic amines) is 1. The van der Waals surface area contributed by atoms with Crippen LogP contribution in [0.25, 0.3) is 0 Å². The highest BCUT2D eigenvalue weighted by Crippen LogP contribution is 2.23. The van der Waals surface area contributed by atoms with Gasteiger partial charge in [0.05, 0.1) is 0 Å². The van der Waals surface area contributed by atoms with Crippen LogP contribution in [-0.2, 0) is 0 Å². The summed E-state index contributed by atoms with van der Waals surface area (Å²) in [6, 6.07) is 9.56. The second-order valence-electron chi connectivity index (χ2n) is 4.58. The van der Waals surface area contributed by atoms with E-state index in [2.05, 4.69) is 6.92 Å². The number of carbonyl (C=O) groups excluding carboxylic acids is 1. The van der Waals surface area contributed by atoms with Gasteiger partial charge >= 0.3 is 0 Å². The Kier molecular flexibility index (Phi) is 3.60. The first-order valence-corrected chi connectivity index (χ1v) is 6.15. The zero-order valence-electron chi connectivity index (χ0n) is 9.86.